The smallest absolute Gasteiger partial charge is 0.381 e. The van der Waals surface area contributed by atoms with Gasteiger partial charge in [-0.3, -0.25) is 0 Å². The van der Waals surface area contributed by atoms with E-state index in [0.717, 1.165) is 12.8 Å². The van der Waals surface area contributed by atoms with Crippen molar-refractivity contribution in [2.45, 2.75) is 45.4 Å². The average Bonchev–Trinajstić information content (AvgIpc) is 2.02. The van der Waals surface area contributed by atoms with Gasteiger partial charge in [0.1, 0.15) is 0 Å². The minimum absolute atomic E-state index is 0.718. The van der Waals surface area contributed by atoms with E-state index < -0.39 is 5.97 Å². The van der Waals surface area contributed by atoms with Crippen LogP contribution in [0.4, 0.5) is 0 Å². The Morgan fingerprint density at radius 3 is 2.50 bits per heavy atom. The van der Waals surface area contributed by atoms with Crippen LogP contribution in [0.15, 0.2) is 0 Å². The molecule has 0 aromatic carbocycles. The third kappa shape index (κ3) is 9.03. The summed E-state index contributed by atoms with van der Waals surface area (Å²) in [6, 6.07) is 0. The molecule has 0 aromatic heterocycles. The van der Waals surface area contributed by atoms with E-state index in [4.69, 9.17) is 5.11 Å². The molecule has 0 aromatic rings. The molecular formula is C10H16O2. The molecule has 0 radical (unpaired) electrons. The fourth-order valence-corrected chi connectivity index (χ4v) is 0.955. The zero-order valence-corrected chi connectivity index (χ0v) is 7.60. The first-order valence-electron chi connectivity index (χ1n) is 4.49. The SMILES string of the molecule is CCCCCCCC#CC(=O)O. The Hall–Kier alpha value is -0.970. The predicted octanol–water partition coefficient (Wildman–Crippen LogP) is 2.43. The fraction of sp³-hybridized carbons (Fsp3) is 0.700. The Morgan fingerprint density at radius 2 is 1.92 bits per heavy atom. The highest BCUT2D eigenvalue weighted by atomic mass is 16.4. The van der Waals surface area contributed by atoms with Crippen molar-refractivity contribution in [2.24, 2.45) is 0 Å². The summed E-state index contributed by atoms with van der Waals surface area (Å²) in [4.78, 5) is 9.96. The van der Waals surface area contributed by atoms with Gasteiger partial charge in [-0.25, -0.2) is 4.79 Å². The zero-order valence-electron chi connectivity index (χ0n) is 7.60. The van der Waals surface area contributed by atoms with E-state index in [9.17, 15) is 4.79 Å². The molecular weight excluding hydrogens is 152 g/mol. The van der Waals surface area contributed by atoms with Gasteiger partial charge in [0.25, 0.3) is 0 Å². The third-order valence-electron chi connectivity index (χ3n) is 1.60. The van der Waals surface area contributed by atoms with Crippen molar-refractivity contribution in [1.29, 1.82) is 0 Å². The first-order chi connectivity index (χ1) is 5.77. The zero-order chi connectivity index (χ0) is 9.23. The van der Waals surface area contributed by atoms with Gasteiger partial charge >= 0.3 is 5.97 Å². The van der Waals surface area contributed by atoms with Gasteiger partial charge in [-0.2, -0.15) is 0 Å². The molecule has 1 N–H and O–H groups in total. The van der Waals surface area contributed by atoms with E-state index >= 15 is 0 Å². The Bertz CT molecular complexity index is 174. The topological polar surface area (TPSA) is 37.3 Å². The highest BCUT2D eigenvalue weighted by Gasteiger charge is 1.87. The van der Waals surface area contributed by atoms with Gasteiger partial charge in [0, 0.05) is 12.3 Å². The van der Waals surface area contributed by atoms with Crippen LogP contribution in [-0.2, 0) is 4.79 Å². The molecule has 0 spiro atoms. The summed E-state index contributed by atoms with van der Waals surface area (Å²) in [7, 11) is 0. The molecule has 12 heavy (non-hydrogen) atoms. The van der Waals surface area contributed by atoms with Gasteiger partial charge in [0.2, 0.25) is 0 Å². The Labute approximate surface area is 74.0 Å². The fourth-order valence-electron chi connectivity index (χ4n) is 0.955. The van der Waals surface area contributed by atoms with Crippen molar-refractivity contribution < 1.29 is 9.90 Å². The first kappa shape index (κ1) is 11.0. The van der Waals surface area contributed by atoms with Crippen LogP contribution >= 0.6 is 0 Å². The van der Waals surface area contributed by atoms with Crippen LogP contribution in [0.3, 0.4) is 0 Å². The lowest BCUT2D eigenvalue weighted by Crippen LogP contribution is -1.86. The molecule has 0 unspecified atom stereocenters. The largest absolute Gasteiger partial charge is 0.472 e. The van der Waals surface area contributed by atoms with Crippen LogP contribution in [0.25, 0.3) is 0 Å². The normalized spacial score (nSPS) is 8.75. The predicted molar refractivity (Wildman–Crippen MR) is 48.8 cm³/mol. The lowest BCUT2D eigenvalue weighted by molar-refractivity contribution is -0.130. The van der Waals surface area contributed by atoms with Crippen LogP contribution < -0.4 is 0 Å². The van der Waals surface area contributed by atoms with Gasteiger partial charge in [-0.15, -0.1) is 0 Å². The van der Waals surface area contributed by atoms with Gasteiger partial charge in [-0.05, 0) is 6.42 Å². The molecule has 2 heteroatoms. The summed E-state index contributed by atoms with van der Waals surface area (Å²) in [5.74, 6) is 3.69. The van der Waals surface area contributed by atoms with E-state index in [0.29, 0.717) is 0 Å². The van der Waals surface area contributed by atoms with Crippen molar-refractivity contribution in [3.05, 3.63) is 0 Å². The second-order valence-corrected chi connectivity index (χ2v) is 2.77. The maximum absolute atomic E-state index is 9.96. The highest BCUT2D eigenvalue weighted by Crippen LogP contribution is 2.03. The van der Waals surface area contributed by atoms with Crippen molar-refractivity contribution in [2.75, 3.05) is 0 Å². The van der Waals surface area contributed by atoms with Gasteiger partial charge in [0.15, 0.2) is 0 Å². The summed E-state index contributed by atoms with van der Waals surface area (Å²) in [6.45, 7) is 2.17. The lowest BCUT2D eigenvalue weighted by atomic mass is 10.1. The van der Waals surface area contributed by atoms with Crippen LogP contribution in [0, 0.1) is 11.8 Å². The maximum Gasteiger partial charge on any atom is 0.381 e. The molecule has 2 nitrogen and oxygen atoms in total. The molecule has 0 saturated heterocycles. The number of hydrogen-bond acceptors (Lipinski definition) is 1. The van der Waals surface area contributed by atoms with E-state index in [2.05, 4.69) is 18.8 Å². The van der Waals surface area contributed by atoms with E-state index in [-0.39, 0.29) is 0 Å². The van der Waals surface area contributed by atoms with Crippen LogP contribution in [0.2, 0.25) is 0 Å². The summed E-state index contributed by atoms with van der Waals surface area (Å²) in [5, 5.41) is 8.18. The molecule has 0 atom stereocenters. The van der Waals surface area contributed by atoms with Crippen LogP contribution in [-0.4, -0.2) is 11.1 Å². The summed E-state index contributed by atoms with van der Waals surface area (Å²) in [6.07, 6.45) is 6.66. The van der Waals surface area contributed by atoms with Crippen LogP contribution in [0.5, 0.6) is 0 Å². The molecule has 0 fully saturated rings. The molecule has 0 bridgehead atoms. The summed E-state index contributed by atoms with van der Waals surface area (Å²) < 4.78 is 0. The van der Waals surface area contributed by atoms with Crippen LogP contribution in [0.1, 0.15) is 45.4 Å². The van der Waals surface area contributed by atoms with Crippen molar-refractivity contribution in [3.63, 3.8) is 0 Å². The second-order valence-electron chi connectivity index (χ2n) is 2.77. The monoisotopic (exact) mass is 168 g/mol. The van der Waals surface area contributed by atoms with Crippen molar-refractivity contribution >= 4 is 5.97 Å². The number of aliphatic carboxylic acids is 1. The first-order valence-corrected chi connectivity index (χ1v) is 4.49. The molecule has 0 aliphatic rings. The minimum Gasteiger partial charge on any atom is -0.472 e. The minimum atomic E-state index is -1.02. The van der Waals surface area contributed by atoms with E-state index in [1.807, 2.05) is 0 Å². The number of unbranched alkanes of at least 4 members (excludes halogenated alkanes) is 5. The quantitative estimate of drug-likeness (QED) is 0.505. The van der Waals surface area contributed by atoms with Crippen molar-refractivity contribution in [1.82, 2.24) is 0 Å². The molecule has 0 aliphatic heterocycles. The van der Waals surface area contributed by atoms with E-state index in [1.165, 1.54) is 25.7 Å². The Balaban J connectivity index is 3.12. The Kier molecular flexibility index (Phi) is 7.47. The van der Waals surface area contributed by atoms with Crippen molar-refractivity contribution in [3.8, 4) is 11.8 Å². The number of carboxylic acid groups (broad SMARTS) is 1. The molecule has 0 saturated carbocycles. The number of hydrogen-bond donors (Lipinski definition) is 1. The molecule has 0 heterocycles. The third-order valence-corrected chi connectivity index (χ3v) is 1.60. The number of carboxylic acids is 1. The van der Waals surface area contributed by atoms with Gasteiger partial charge < -0.3 is 5.11 Å². The lowest BCUT2D eigenvalue weighted by Gasteiger charge is -1.93. The Morgan fingerprint density at radius 1 is 1.25 bits per heavy atom. The van der Waals surface area contributed by atoms with E-state index in [1.54, 1.807) is 0 Å². The number of carbonyl (C=O) groups is 1. The molecule has 0 amide bonds. The molecule has 0 rings (SSSR count). The summed E-state index contributed by atoms with van der Waals surface area (Å²) >= 11 is 0. The van der Waals surface area contributed by atoms with Gasteiger partial charge in [-0.1, -0.05) is 38.5 Å². The molecule has 68 valence electrons. The van der Waals surface area contributed by atoms with Gasteiger partial charge in [0.05, 0.1) is 0 Å². The highest BCUT2D eigenvalue weighted by molar-refractivity contribution is 5.86. The molecule has 0 aliphatic carbocycles. The maximum atomic E-state index is 9.96. The summed E-state index contributed by atoms with van der Waals surface area (Å²) in [5.41, 5.74) is 0. The number of rotatable bonds is 5. The second kappa shape index (κ2) is 8.13. The standard InChI is InChI=1S/C10H16O2/c1-2-3-4-5-6-7-8-9-10(11)12/h2-7H2,1H3,(H,11,12). The average molecular weight is 168 g/mol.